The molecule has 7 heteroatoms. The van der Waals surface area contributed by atoms with Crippen LogP contribution in [-0.2, 0) is 6.61 Å². The summed E-state index contributed by atoms with van der Waals surface area (Å²) < 4.78 is 5.79. The third-order valence-corrected chi connectivity index (χ3v) is 4.05. The van der Waals surface area contributed by atoms with Crippen molar-refractivity contribution in [1.29, 1.82) is 0 Å². The zero-order valence-corrected chi connectivity index (χ0v) is 15.5. The summed E-state index contributed by atoms with van der Waals surface area (Å²) in [5, 5.41) is 15.6. The third-order valence-electron chi connectivity index (χ3n) is 4.05. The first kappa shape index (κ1) is 18.2. The normalized spacial score (nSPS) is 10.3. The minimum absolute atomic E-state index is 0.199. The van der Waals surface area contributed by atoms with Crippen LogP contribution >= 0.6 is 0 Å². The number of phenolic OH excluding ortho intramolecular Hbond substituents is 1. The van der Waals surface area contributed by atoms with Crippen LogP contribution in [0.15, 0.2) is 85.2 Å². The second-order valence-electron chi connectivity index (χ2n) is 6.23. The zero-order valence-electron chi connectivity index (χ0n) is 15.5. The standard InChI is InChI=1S/C22H19N5O2/c28-19-10-6-17(7-11-19)25-21-23-15-24-22(27-21)26-18-8-12-20(13-9-18)29-14-16-4-2-1-3-5-16/h1-13,15,28H,14H2,(H2,23,24,25,26,27). The summed E-state index contributed by atoms with van der Waals surface area (Å²) in [6, 6.07) is 24.3. The SMILES string of the molecule is Oc1ccc(Nc2ncnc(Nc3ccc(OCc4ccccc4)cc3)n2)cc1. The van der Waals surface area contributed by atoms with Crippen molar-refractivity contribution in [2.24, 2.45) is 0 Å². The van der Waals surface area contributed by atoms with Crippen molar-refractivity contribution in [3.63, 3.8) is 0 Å². The minimum Gasteiger partial charge on any atom is -0.508 e. The summed E-state index contributed by atoms with van der Waals surface area (Å²) in [7, 11) is 0. The molecule has 4 rings (SSSR count). The molecule has 0 spiro atoms. The van der Waals surface area contributed by atoms with Gasteiger partial charge < -0.3 is 20.5 Å². The van der Waals surface area contributed by atoms with Gasteiger partial charge in [0.25, 0.3) is 0 Å². The molecule has 1 aromatic heterocycles. The van der Waals surface area contributed by atoms with E-state index in [0.29, 0.717) is 18.5 Å². The molecule has 0 unspecified atom stereocenters. The van der Waals surface area contributed by atoms with E-state index in [1.165, 1.54) is 6.33 Å². The average Bonchev–Trinajstić information content (AvgIpc) is 2.76. The maximum Gasteiger partial charge on any atom is 0.232 e. The van der Waals surface area contributed by atoms with Crippen LogP contribution < -0.4 is 15.4 Å². The second kappa shape index (κ2) is 8.71. The maximum absolute atomic E-state index is 9.35. The van der Waals surface area contributed by atoms with Crippen molar-refractivity contribution in [3.8, 4) is 11.5 Å². The fourth-order valence-corrected chi connectivity index (χ4v) is 2.60. The predicted molar refractivity (Wildman–Crippen MR) is 112 cm³/mol. The van der Waals surface area contributed by atoms with E-state index in [-0.39, 0.29) is 5.75 Å². The van der Waals surface area contributed by atoms with Gasteiger partial charge in [-0.15, -0.1) is 0 Å². The third kappa shape index (κ3) is 5.20. The summed E-state index contributed by atoms with van der Waals surface area (Å²) in [6.45, 7) is 0.521. The number of nitrogens with one attached hydrogen (secondary N) is 2. The first-order valence-corrected chi connectivity index (χ1v) is 9.03. The molecule has 0 aliphatic rings. The molecule has 0 amide bonds. The molecular weight excluding hydrogens is 366 g/mol. The maximum atomic E-state index is 9.35. The van der Waals surface area contributed by atoms with E-state index >= 15 is 0 Å². The number of aromatic nitrogens is 3. The molecule has 4 aromatic rings. The fraction of sp³-hybridized carbons (Fsp3) is 0.0455. The Morgan fingerprint density at radius 3 is 1.93 bits per heavy atom. The highest BCUT2D eigenvalue weighted by atomic mass is 16.5. The molecule has 0 aliphatic carbocycles. The molecule has 1 heterocycles. The van der Waals surface area contributed by atoms with Crippen molar-refractivity contribution in [2.45, 2.75) is 6.61 Å². The van der Waals surface area contributed by atoms with Gasteiger partial charge in [0.05, 0.1) is 0 Å². The van der Waals surface area contributed by atoms with E-state index in [1.54, 1.807) is 24.3 Å². The molecular formula is C22H19N5O2. The molecule has 7 nitrogen and oxygen atoms in total. The van der Waals surface area contributed by atoms with Crippen LogP contribution in [0.2, 0.25) is 0 Å². The smallest absolute Gasteiger partial charge is 0.232 e. The molecule has 0 bridgehead atoms. The molecule has 0 aliphatic heterocycles. The molecule has 29 heavy (non-hydrogen) atoms. The number of hydrogen-bond acceptors (Lipinski definition) is 7. The summed E-state index contributed by atoms with van der Waals surface area (Å²) in [6.07, 6.45) is 1.43. The number of anilines is 4. The van der Waals surface area contributed by atoms with Crippen molar-refractivity contribution >= 4 is 23.3 Å². The Labute approximate surface area is 168 Å². The monoisotopic (exact) mass is 385 g/mol. The van der Waals surface area contributed by atoms with Crippen LogP contribution in [-0.4, -0.2) is 20.1 Å². The molecule has 0 saturated carbocycles. The van der Waals surface area contributed by atoms with E-state index in [2.05, 4.69) is 25.6 Å². The Morgan fingerprint density at radius 2 is 1.31 bits per heavy atom. The van der Waals surface area contributed by atoms with Crippen LogP contribution in [0.25, 0.3) is 0 Å². The second-order valence-corrected chi connectivity index (χ2v) is 6.23. The fourth-order valence-electron chi connectivity index (χ4n) is 2.60. The highest BCUT2D eigenvalue weighted by molar-refractivity contribution is 5.58. The summed E-state index contributed by atoms with van der Waals surface area (Å²) >= 11 is 0. The van der Waals surface area contributed by atoms with E-state index in [0.717, 1.165) is 22.7 Å². The van der Waals surface area contributed by atoms with Gasteiger partial charge in [-0.1, -0.05) is 30.3 Å². The van der Waals surface area contributed by atoms with E-state index in [1.807, 2.05) is 54.6 Å². The Balaban J connectivity index is 1.37. The number of aromatic hydroxyl groups is 1. The van der Waals surface area contributed by atoms with E-state index in [4.69, 9.17) is 4.74 Å². The van der Waals surface area contributed by atoms with Gasteiger partial charge in [-0.25, -0.2) is 9.97 Å². The lowest BCUT2D eigenvalue weighted by Gasteiger charge is -2.09. The number of rotatable bonds is 7. The van der Waals surface area contributed by atoms with Gasteiger partial charge >= 0.3 is 0 Å². The van der Waals surface area contributed by atoms with Gasteiger partial charge in [-0.3, -0.25) is 0 Å². The lowest BCUT2D eigenvalue weighted by Crippen LogP contribution is -2.02. The zero-order chi connectivity index (χ0) is 19.9. The van der Waals surface area contributed by atoms with Crippen LogP contribution in [0.1, 0.15) is 5.56 Å². The summed E-state index contributed by atoms with van der Waals surface area (Å²) in [5.74, 6) is 1.80. The molecule has 3 N–H and O–H groups in total. The number of nitrogens with zero attached hydrogens (tertiary/aromatic N) is 3. The number of phenols is 1. The molecule has 0 saturated heterocycles. The summed E-state index contributed by atoms with van der Waals surface area (Å²) in [5.41, 5.74) is 2.72. The van der Waals surface area contributed by atoms with Gasteiger partial charge in [-0.2, -0.15) is 4.98 Å². The van der Waals surface area contributed by atoms with Crippen molar-refractivity contribution in [1.82, 2.24) is 15.0 Å². The van der Waals surface area contributed by atoms with Crippen molar-refractivity contribution in [3.05, 3.63) is 90.8 Å². The van der Waals surface area contributed by atoms with Crippen molar-refractivity contribution < 1.29 is 9.84 Å². The van der Waals surface area contributed by atoms with Gasteiger partial charge in [-0.05, 0) is 54.1 Å². The number of benzene rings is 3. The molecule has 144 valence electrons. The Bertz CT molecular complexity index is 1050. The topological polar surface area (TPSA) is 92.2 Å². The Hall–Kier alpha value is -4.13. The first-order valence-electron chi connectivity index (χ1n) is 9.03. The largest absolute Gasteiger partial charge is 0.508 e. The quantitative estimate of drug-likeness (QED) is 0.399. The molecule has 0 fully saturated rings. The summed E-state index contributed by atoms with van der Waals surface area (Å²) in [4.78, 5) is 12.6. The van der Waals surface area contributed by atoms with Crippen LogP contribution in [0.3, 0.4) is 0 Å². The lowest BCUT2D eigenvalue weighted by molar-refractivity contribution is 0.306. The van der Waals surface area contributed by atoms with Gasteiger partial charge in [0.2, 0.25) is 11.9 Å². The molecule has 0 atom stereocenters. The first-order chi connectivity index (χ1) is 14.2. The number of ether oxygens (including phenoxy) is 1. The van der Waals surface area contributed by atoms with E-state index in [9.17, 15) is 5.11 Å². The van der Waals surface area contributed by atoms with E-state index < -0.39 is 0 Å². The average molecular weight is 385 g/mol. The van der Waals surface area contributed by atoms with Crippen molar-refractivity contribution in [2.75, 3.05) is 10.6 Å². The van der Waals surface area contributed by atoms with Crippen LogP contribution in [0.5, 0.6) is 11.5 Å². The highest BCUT2D eigenvalue weighted by Gasteiger charge is 2.03. The van der Waals surface area contributed by atoms with Gasteiger partial charge in [0.15, 0.2) is 0 Å². The molecule has 3 aromatic carbocycles. The minimum atomic E-state index is 0.199. The Kier molecular flexibility index (Phi) is 5.48. The van der Waals surface area contributed by atoms with Crippen LogP contribution in [0, 0.1) is 0 Å². The number of hydrogen-bond donors (Lipinski definition) is 3. The predicted octanol–water partition coefficient (Wildman–Crippen LogP) is 4.64. The molecule has 0 radical (unpaired) electrons. The van der Waals surface area contributed by atoms with Crippen LogP contribution in [0.4, 0.5) is 23.3 Å². The Morgan fingerprint density at radius 1 is 0.724 bits per heavy atom. The highest BCUT2D eigenvalue weighted by Crippen LogP contribution is 2.21. The lowest BCUT2D eigenvalue weighted by atomic mass is 10.2. The van der Waals surface area contributed by atoms with Gasteiger partial charge in [0.1, 0.15) is 24.4 Å². The van der Waals surface area contributed by atoms with Gasteiger partial charge in [0, 0.05) is 11.4 Å².